The first-order valence-corrected chi connectivity index (χ1v) is 9.41. The molecule has 0 aliphatic carbocycles. The SMILES string of the molecule is CCCCn1nnnc1COC(=O)[C@H](C)NS(=O)(=O)c1ccccc1. The Hall–Kier alpha value is -2.33. The highest BCUT2D eigenvalue weighted by Crippen LogP contribution is 2.09. The zero-order valence-electron chi connectivity index (χ0n) is 14.1. The van der Waals surface area contributed by atoms with E-state index in [9.17, 15) is 13.2 Å². The molecule has 1 aromatic heterocycles. The number of rotatable bonds is 9. The second-order valence-electron chi connectivity index (χ2n) is 5.44. The van der Waals surface area contributed by atoms with E-state index in [0.29, 0.717) is 12.4 Å². The fraction of sp³-hybridized carbons (Fsp3) is 0.467. The summed E-state index contributed by atoms with van der Waals surface area (Å²) in [7, 11) is -3.79. The Morgan fingerprint density at radius 2 is 2.04 bits per heavy atom. The zero-order chi connectivity index (χ0) is 18.3. The summed E-state index contributed by atoms with van der Waals surface area (Å²) in [4.78, 5) is 12.1. The lowest BCUT2D eigenvalue weighted by molar-refractivity contribution is -0.146. The Morgan fingerprint density at radius 1 is 1.32 bits per heavy atom. The fourth-order valence-electron chi connectivity index (χ4n) is 2.02. The van der Waals surface area contributed by atoms with Gasteiger partial charge in [-0.2, -0.15) is 4.72 Å². The molecule has 1 heterocycles. The van der Waals surface area contributed by atoms with Gasteiger partial charge >= 0.3 is 5.97 Å². The van der Waals surface area contributed by atoms with E-state index in [-0.39, 0.29) is 11.5 Å². The van der Waals surface area contributed by atoms with Crippen LogP contribution in [0.3, 0.4) is 0 Å². The van der Waals surface area contributed by atoms with Crippen molar-refractivity contribution in [2.24, 2.45) is 0 Å². The van der Waals surface area contributed by atoms with Gasteiger partial charge in [0.15, 0.2) is 12.4 Å². The maximum atomic E-state index is 12.2. The number of unbranched alkanes of at least 4 members (excludes halogenated alkanes) is 1. The van der Waals surface area contributed by atoms with Gasteiger partial charge in [-0.1, -0.05) is 31.5 Å². The minimum atomic E-state index is -3.79. The lowest BCUT2D eigenvalue weighted by Crippen LogP contribution is -2.39. The summed E-state index contributed by atoms with van der Waals surface area (Å²) in [6, 6.07) is 6.77. The molecule has 1 atom stereocenters. The molecule has 0 fully saturated rings. The van der Waals surface area contributed by atoms with Gasteiger partial charge in [-0.15, -0.1) is 5.10 Å². The Balaban J connectivity index is 1.92. The summed E-state index contributed by atoms with van der Waals surface area (Å²) in [6.07, 6.45) is 1.89. The number of hydrogen-bond acceptors (Lipinski definition) is 7. The summed E-state index contributed by atoms with van der Waals surface area (Å²) in [5, 5.41) is 11.2. The van der Waals surface area contributed by atoms with E-state index in [0.717, 1.165) is 12.8 Å². The zero-order valence-corrected chi connectivity index (χ0v) is 14.9. The molecule has 136 valence electrons. The second kappa shape index (κ2) is 8.67. The van der Waals surface area contributed by atoms with Crippen molar-refractivity contribution < 1.29 is 17.9 Å². The quantitative estimate of drug-likeness (QED) is 0.654. The molecule has 25 heavy (non-hydrogen) atoms. The number of nitrogens with zero attached hydrogens (tertiary/aromatic N) is 4. The number of hydrogen-bond donors (Lipinski definition) is 1. The van der Waals surface area contributed by atoms with E-state index < -0.39 is 22.0 Å². The molecular weight excluding hydrogens is 346 g/mol. The third-order valence-electron chi connectivity index (χ3n) is 3.41. The first-order chi connectivity index (χ1) is 11.9. The van der Waals surface area contributed by atoms with E-state index >= 15 is 0 Å². The first-order valence-electron chi connectivity index (χ1n) is 7.93. The van der Waals surface area contributed by atoms with Crippen LogP contribution in [0.15, 0.2) is 35.2 Å². The van der Waals surface area contributed by atoms with Gasteiger partial charge in [0, 0.05) is 6.54 Å². The van der Waals surface area contributed by atoms with E-state index in [1.165, 1.54) is 19.1 Å². The maximum Gasteiger partial charge on any atom is 0.324 e. The van der Waals surface area contributed by atoms with Crippen molar-refractivity contribution in [2.45, 2.75) is 50.8 Å². The number of aryl methyl sites for hydroxylation is 1. The van der Waals surface area contributed by atoms with Gasteiger partial charge in [0.05, 0.1) is 4.90 Å². The molecule has 0 saturated heterocycles. The third-order valence-corrected chi connectivity index (χ3v) is 4.97. The molecule has 0 aliphatic rings. The highest BCUT2D eigenvalue weighted by atomic mass is 32.2. The minimum absolute atomic E-state index is 0.0816. The van der Waals surface area contributed by atoms with Crippen molar-refractivity contribution in [2.75, 3.05) is 0 Å². The minimum Gasteiger partial charge on any atom is -0.456 e. The molecule has 10 heteroatoms. The molecule has 1 N–H and O–H groups in total. The number of carbonyl (C=O) groups is 1. The van der Waals surface area contributed by atoms with E-state index in [2.05, 4.69) is 20.2 Å². The molecular formula is C15H21N5O4S. The molecule has 0 saturated carbocycles. The molecule has 0 aliphatic heterocycles. The van der Waals surface area contributed by atoms with Gasteiger partial charge in [0.2, 0.25) is 10.0 Å². The molecule has 2 rings (SSSR count). The van der Waals surface area contributed by atoms with Gasteiger partial charge in [0.1, 0.15) is 6.04 Å². The molecule has 0 bridgehead atoms. The summed E-state index contributed by atoms with van der Waals surface area (Å²) < 4.78 is 33.4. The monoisotopic (exact) mass is 367 g/mol. The van der Waals surface area contributed by atoms with Crippen LogP contribution in [0.5, 0.6) is 0 Å². The average molecular weight is 367 g/mol. The third kappa shape index (κ3) is 5.33. The van der Waals surface area contributed by atoms with Gasteiger partial charge in [0.25, 0.3) is 0 Å². The van der Waals surface area contributed by atoms with Gasteiger partial charge in [-0.25, -0.2) is 13.1 Å². The molecule has 0 radical (unpaired) electrons. The van der Waals surface area contributed by atoms with Crippen molar-refractivity contribution in [1.29, 1.82) is 0 Å². The van der Waals surface area contributed by atoms with E-state index in [1.807, 2.05) is 6.92 Å². The van der Waals surface area contributed by atoms with Crippen LogP contribution < -0.4 is 4.72 Å². The number of benzene rings is 1. The van der Waals surface area contributed by atoms with Gasteiger partial charge in [-0.05, 0) is 35.9 Å². The van der Waals surface area contributed by atoms with Crippen molar-refractivity contribution in [1.82, 2.24) is 24.9 Å². The molecule has 0 spiro atoms. The largest absolute Gasteiger partial charge is 0.456 e. The Bertz CT molecular complexity index is 791. The topological polar surface area (TPSA) is 116 Å². The van der Waals surface area contributed by atoms with Crippen molar-refractivity contribution in [3.63, 3.8) is 0 Å². The fourth-order valence-corrected chi connectivity index (χ4v) is 3.23. The lowest BCUT2D eigenvalue weighted by atomic mass is 10.3. The van der Waals surface area contributed by atoms with Crippen LogP contribution >= 0.6 is 0 Å². The number of nitrogens with one attached hydrogen (secondary N) is 1. The van der Waals surface area contributed by atoms with Gasteiger partial charge < -0.3 is 4.74 Å². The summed E-state index contributed by atoms with van der Waals surface area (Å²) in [6.45, 7) is 3.98. The second-order valence-corrected chi connectivity index (χ2v) is 7.15. The Kier molecular flexibility index (Phi) is 6.59. The summed E-state index contributed by atoms with van der Waals surface area (Å²) >= 11 is 0. The molecule has 1 aromatic carbocycles. The maximum absolute atomic E-state index is 12.2. The number of esters is 1. The molecule has 0 amide bonds. The number of tetrazole rings is 1. The number of aromatic nitrogens is 4. The Labute approximate surface area is 146 Å². The van der Waals surface area contributed by atoms with Crippen molar-refractivity contribution in [3.8, 4) is 0 Å². The number of carbonyl (C=O) groups excluding carboxylic acids is 1. The highest BCUT2D eigenvalue weighted by molar-refractivity contribution is 7.89. The number of sulfonamides is 1. The van der Waals surface area contributed by atoms with Crippen LogP contribution in [0, 0.1) is 0 Å². The van der Waals surface area contributed by atoms with Crippen LogP contribution in [-0.2, 0) is 32.7 Å². The first kappa shape index (κ1) is 19.0. The van der Waals surface area contributed by atoms with Crippen LogP contribution in [-0.4, -0.2) is 40.6 Å². The van der Waals surface area contributed by atoms with Crippen molar-refractivity contribution >= 4 is 16.0 Å². The summed E-state index contributed by atoms with van der Waals surface area (Å²) in [5.41, 5.74) is 0. The lowest BCUT2D eigenvalue weighted by Gasteiger charge is -2.13. The van der Waals surface area contributed by atoms with Crippen LogP contribution in [0.4, 0.5) is 0 Å². The van der Waals surface area contributed by atoms with Crippen LogP contribution in [0.1, 0.15) is 32.5 Å². The predicted molar refractivity (Wildman–Crippen MR) is 88.7 cm³/mol. The average Bonchev–Trinajstić information content (AvgIpc) is 3.05. The smallest absolute Gasteiger partial charge is 0.324 e. The molecule has 2 aromatic rings. The predicted octanol–water partition coefficient (Wildman–Crippen LogP) is 0.883. The molecule has 9 nitrogen and oxygen atoms in total. The van der Waals surface area contributed by atoms with E-state index in [4.69, 9.17) is 4.74 Å². The highest BCUT2D eigenvalue weighted by Gasteiger charge is 2.23. The standard InChI is InChI=1S/C15H21N5O4S/c1-3-4-10-20-14(16-18-19-20)11-24-15(21)12(2)17-25(22,23)13-8-6-5-7-9-13/h5-9,12,17H,3-4,10-11H2,1-2H3/t12-/m0/s1. The molecule has 0 unspecified atom stereocenters. The van der Waals surface area contributed by atoms with Crippen molar-refractivity contribution in [3.05, 3.63) is 36.2 Å². The number of ether oxygens (including phenoxy) is 1. The van der Waals surface area contributed by atoms with E-state index in [1.54, 1.807) is 22.9 Å². The van der Waals surface area contributed by atoms with Crippen LogP contribution in [0.25, 0.3) is 0 Å². The Morgan fingerprint density at radius 3 is 2.72 bits per heavy atom. The van der Waals surface area contributed by atoms with Crippen LogP contribution in [0.2, 0.25) is 0 Å². The summed E-state index contributed by atoms with van der Waals surface area (Å²) in [5.74, 6) is -0.288. The van der Waals surface area contributed by atoms with Gasteiger partial charge in [-0.3, -0.25) is 4.79 Å². The normalized spacial score (nSPS) is 12.7.